The lowest BCUT2D eigenvalue weighted by Crippen LogP contribution is -2.57. The normalized spacial score (nSPS) is 19.2. The van der Waals surface area contributed by atoms with Gasteiger partial charge in [-0.25, -0.2) is 8.42 Å². The predicted octanol–water partition coefficient (Wildman–Crippen LogP) is 0.974. The molecule has 3 heterocycles. The van der Waals surface area contributed by atoms with Crippen LogP contribution in [-0.2, 0) is 16.3 Å². The van der Waals surface area contributed by atoms with Crippen LogP contribution in [0.1, 0.15) is 19.7 Å². The minimum Gasteiger partial charge on any atom is -0.356 e. The number of hydrogen-bond donors (Lipinski definition) is 1. The molecule has 0 aromatic carbocycles. The summed E-state index contributed by atoms with van der Waals surface area (Å²) in [5.74, 6) is 1.74. The molecule has 1 aliphatic rings. The Morgan fingerprint density at radius 2 is 2.12 bits per heavy atom. The predicted molar refractivity (Wildman–Crippen MR) is 113 cm³/mol. The zero-order valence-electron chi connectivity index (χ0n) is 15.2. The Hall–Kier alpha value is -1.43. The monoisotopic (exact) mass is 492 g/mol. The van der Waals surface area contributed by atoms with Gasteiger partial charge in [0.15, 0.2) is 21.4 Å². The number of sulfone groups is 1. The molecule has 0 saturated carbocycles. The van der Waals surface area contributed by atoms with E-state index in [4.69, 9.17) is 0 Å². The summed E-state index contributed by atoms with van der Waals surface area (Å²) >= 11 is 0. The average Bonchev–Trinajstić information content (AvgIpc) is 2.98. The van der Waals surface area contributed by atoms with Gasteiger partial charge < -0.3 is 10.2 Å². The fourth-order valence-electron chi connectivity index (χ4n) is 3.00. The van der Waals surface area contributed by atoms with Crippen LogP contribution >= 0.6 is 24.0 Å². The second kappa shape index (κ2) is 8.07. The van der Waals surface area contributed by atoms with Crippen LogP contribution in [0.3, 0.4) is 0 Å². The summed E-state index contributed by atoms with van der Waals surface area (Å²) < 4.78 is 25.5. The second-order valence-electron chi connectivity index (χ2n) is 6.77. The molecule has 1 aliphatic heterocycles. The molecule has 0 bridgehead atoms. The molecule has 1 N–H and O–H groups in total. The number of halogens is 1. The number of rotatable bonds is 3. The third-order valence-corrected chi connectivity index (χ3v) is 7.10. The minimum absolute atomic E-state index is 0. The highest BCUT2D eigenvalue weighted by atomic mass is 127. The molecule has 144 valence electrons. The Kier molecular flexibility index (Phi) is 6.48. The van der Waals surface area contributed by atoms with Crippen LogP contribution in [0.25, 0.3) is 5.65 Å². The van der Waals surface area contributed by atoms with Crippen molar-refractivity contribution in [3.63, 3.8) is 0 Å². The molecule has 2 aromatic heterocycles. The Bertz CT molecular complexity index is 893. The molecule has 0 spiro atoms. The molecule has 26 heavy (non-hydrogen) atoms. The van der Waals surface area contributed by atoms with Crippen molar-refractivity contribution in [2.45, 2.75) is 25.0 Å². The van der Waals surface area contributed by atoms with Gasteiger partial charge in [0.25, 0.3) is 0 Å². The molecule has 8 nitrogen and oxygen atoms in total. The number of aromatic nitrogens is 3. The van der Waals surface area contributed by atoms with E-state index in [9.17, 15) is 8.42 Å². The highest BCUT2D eigenvalue weighted by Gasteiger charge is 2.40. The van der Waals surface area contributed by atoms with E-state index in [-0.39, 0.29) is 29.7 Å². The van der Waals surface area contributed by atoms with Gasteiger partial charge in [-0.1, -0.05) is 6.07 Å². The smallest absolute Gasteiger partial charge is 0.193 e. The Balaban J connectivity index is 0.00000243. The van der Waals surface area contributed by atoms with Crippen LogP contribution in [0.4, 0.5) is 0 Å². The van der Waals surface area contributed by atoms with Crippen LogP contribution in [0, 0.1) is 0 Å². The Morgan fingerprint density at radius 3 is 2.81 bits per heavy atom. The molecule has 0 unspecified atom stereocenters. The van der Waals surface area contributed by atoms with Gasteiger partial charge >= 0.3 is 0 Å². The zero-order valence-corrected chi connectivity index (χ0v) is 18.4. The molecule has 1 fully saturated rings. The Labute approximate surface area is 171 Å². The standard InChI is InChI=1S/C16H24N6O2S.HI/c1-16(2)12-21(10-11-25(16,23)24)15(17-3)18-8-7-14-20-19-13-6-4-5-9-22(13)14;/h4-6,9H,7-8,10-12H2,1-3H3,(H,17,18);1H. The van der Waals surface area contributed by atoms with Crippen molar-refractivity contribution in [1.29, 1.82) is 0 Å². The first-order valence-corrected chi connectivity index (χ1v) is 9.96. The number of pyridine rings is 1. The van der Waals surface area contributed by atoms with Gasteiger partial charge in [-0.15, -0.1) is 34.2 Å². The quantitative estimate of drug-likeness (QED) is 0.390. The Morgan fingerprint density at radius 1 is 1.35 bits per heavy atom. The van der Waals surface area contributed by atoms with Crippen LogP contribution in [-0.4, -0.2) is 71.1 Å². The van der Waals surface area contributed by atoms with E-state index in [1.807, 2.05) is 33.7 Å². The lowest BCUT2D eigenvalue weighted by molar-refractivity contribution is 0.353. The molecular formula is C16H25IN6O2S. The average molecular weight is 492 g/mol. The summed E-state index contributed by atoms with van der Waals surface area (Å²) in [5.41, 5.74) is 0.824. The molecular weight excluding hydrogens is 467 g/mol. The molecule has 0 amide bonds. The minimum atomic E-state index is -3.06. The summed E-state index contributed by atoms with van der Waals surface area (Å²) in [6.45, 7) is 5.07. The lowest BCUT2D eigenvalue weighted by atomic mass is 10.2. The van der Waals surface area contributed by atoms with E-state index >= 15 is 0 Å². The van der Waals surface area contributed by atoms with Gasteiger partial charge in [0.2, 0.25) is 0 Å². The van der Waals surface area contributed by atoms with Gasteiger partial charge in [-0.05, 0) is 26.0 Å². The topological polar surface area (TPSA) is 92.0 Å². The van der Waals surface area contributed by atoms with E-state index in [1.54, 1.807) is 20.9 Å². The van der Waals surface area contributed by atoms with Crippen molar-refractivity contribution < 1.29 is 8.42 Å². The van der Waals surface area contributed by atoms with Gasteiger partial charge in [0.1, 0.15) is 5.82 Å². The second-order valence-corrected chi connectivity index (χ2v) is 9.51. The van der Waals surface area contributed by atoms with Crippen LogP contribution in [0.15, 0.2) is 29.4 Å². The maximum atomic E-state index is 12.1. The molecule has 0 aliphatic carbocycles. The summed E-state index contributed by atoms with van der Waals surface area (Å²) in [4.78, 5) is 6.30. The summed E-state index contributed by atoms with van der Waals surface area (Å²) in [6.07, 6.45) is 2.64. The van der Waals surface area contributed by atoms with E-state index in [0.29, 0.717) is 26.1 Å². The first-order valence-electron chi connectivity index (χ1n) is 8.30. The fourth-order valence-corrected chi connectivity index (χ4v) is 4.37. The van der Waals surface area contributed by atoms with E-state index in [1.165, 1.54) is 0 Å². The number of nitrogens with zero attached hydrogens (tertiary/aromatic N) is 5. The molecule has 1 saturated heterocycles. The highest BCUT2D eigenvalue weighted by molar-refractivity contribution is 14.0. The van der Waals surface area contributed by atoms with Gasteiger partial charge in [0, 0.05) is 39.3 Å². The van der Waals surface area contributed by atoms with Crippen LogP contribution in [0.2, 0.25) is 0 Å². The van der Waals surface area contributed by atoms with E-state index < -0.39 is 14.6 Å². The largest absolute Gasteiger partial charge is 0.356 e. The fraction of sp³-hybridized carbons (Fsp3) is 0.562. The van der Waals surface area contributed by atoms with Crippen molar-refractivity contribution in [1.82, 2.24) is 24.8 Å². The molecule has 3 rings (SSSR count). The van der Waals surface area contributed by atoms with Crippen molar-refractivity contribution in [3.05, 3.63) is 30.2 Å². The summed E-state index contributed by atoms with van der Waals surface area (Å²) in [5, 5.41) is 11.7. The van der Waals surface area contributed by atoms with Crippen molar-refractivity contribution in [2.24, 2.45) is 4.99 Å². The van der Waals surface area contributed by atoms with Crippen molar-refractivity contribution in [2.75, 3.05) is 32.4 Å². The summed E-state index contributed by atoms with van der Waals surface area (Å²) in [7, 11) is -1.35. The van der Waals surface area contributed by atoms with E-state index in [2.05, 4.69) is 20.5 Å². The SMILES string of the molecule is CN=C(NCCc1nnc2ccccn12)N1CCS(=O)(=O)C(C)(C)C1.I. The first kappa shape index (κ1) is 20.9. The van der Waals surface area contributed by atoms with Crippen molar-refractivity contribution in [3.8, 4) is 0 Å². The molecule has 2 aromatic rings. The number of hydrogen-bond acceptors (Lipinski definition) is 5. The maximum Gasteiger partial charge on any atom is 0.193 e. The molecule has 0 atom stereocenters. The van der Waals surface area contributed by atoms with Crippen LogP contribution in [0.5, 0.6) is 0 Å². The molecule has 0 radical (unpaired) electrons. The third-order valence-electron chi connectivity index (χ3n) is 4.57. The molecule has 10 heteroatoms. The van der Waals surface area contributed by atoms with E-state index in [0.717, 1.165) is 17.4 Å². The zero-order chi connectivity index (χ0) is 18.1. The first-order chi connectivity index (χ1) is 11.8. The number of aliphatic imine (C=N–C) groups is 1. The highest BCUT2D eigenvalue weighted by Crippen LogP contribution is 2.23. The van der Waals surface area contributed by atoms with Gasteiger partial charge in [-0.2, -0.15) is 0 Å². The number of fused-ring (bicyclic) bond motifs is 1. The van der Waals surface area contributed by atoms with Gasteiger partial charge in [-0.3, -0.25) is 9.39 Å². The maximum absolute atomic E-state index is 12.1. The van der Waals surface area contributed by atoms with Gasteiger partial charge in [0.05, 0.1) is 10.5 Å². The number of guanidine groups is 1. The lowest BCUT2D eigenvalue weighted by Gasteiger charge is -2.39. The van der Waals surface area contributed by atoms with Crippen molar-refractivity contribution >= 4 is 45.4 Å². The van der Waals surface area contributed by atoms with Crippen LogP contribution < -0.4 is 5.32 Å². The summed E-state index contributed by atoms with van der Waals surface area (Å²) in [6, 6.07) is 5.79. The third kappa shape index (κ3) is 4.11. The number of nitrogens with one attached hydrogen (secondary N) is 1.